The van der Waals surface area contributed by atoms with E-state index in [-0.39, 0.29) is 5.75 Å². The summed E-state index contributed by atoms with van der Waals surface area (Å²) in [5.41, 5.74) is -2.18. The Kier molecular flexibility index (Phi) is 13.2. The summed E-state index contributed by atoms with van der Waals surface area (Å²) in [4.78, 5) is 49.1. The van der Waals surface area contributed by atoms with Crippen molar-refractivity contribution in [3.8, 4) is 5.75 Å². The molecule has 0 atom stereocenters. The van der Waals surface area contributed by atoms with E-state index in [9.17, 15) is 18.8 Å². The van der Waals surface area contributed by atoms with Crippen LogP contribution in [-0.2, 0) is 14.4 Å². The first-order valence-corrected chi connectivity index (χ1v) is 15.2. The summed E-state index contributed by atoms with van der Waals surface area (Å²) < 4.78 is 19.2. The highest BCUT2D eigenvalue weighted by Gasteiger charge is 2.40. The number of carboxylic acids is 3. The number of ether oxygens (including phenoxy) is 1. The quantitative estimate of drug-likeness (QED) is 0.182. The van der Waals surface area contributed by atoms with E-state index in [0.29, 0.717) is 35.6 Å². The number of carbonyl (C=O) groups is 3. The smallest absolute Gasteiger partial charge is 0.336 e. The molecule has 2 aromatic rings. The zero-order valence-electron chi connectivity index (χ0n) is 26.4. The average molecular weight is 650 g/mol. The molecule has 1 aromatic carbocycles. The molecule has 1 aliphatic heterocycles. The van der Waals surface area contributed by atoms with Crippen molar-refractivity contribution in [2.45, 2.75) is 81.9 Å². The zero-order valence-corrected chi connectivity index (χ0v) is 26.4. The summed E-state index contributed by atoms with van der Waals surface area (Å²) in [5, 5.41) is 40.5. The molecule has 4 rings (SSSR count). The van der Waals surface area contributed by atoms with Gasteiger partial charge < -0.3 is 45.6 Å². The van der Waals surface area contributed by atoms with Gasteiger partial charge in [-0.2, -0.15) is 15.0 Å². The number of benzene rings is 1. The van der Waals surface area contributed by atoms with Gasteiger partial charge in [0.1, 0.15) is 0 Å². The molecule has 6 N–H and O–H groups in total. The fourth-order valence-electron chi connectivity index (χ4n) is 5.38. The van der Waals surface area contributed by atoms with Gasteiger partial charge in [0, 0.05) is 30.9 Å². The number of anilines is 4. The maximum atomic E-state index is 14.2. The van der Waals surface area contributed by atoms with Gasteiger partial charge in [0.15, 0.2) is 17.2 Å². The van der Waals surface area contributed by atoms with Crippen LogP contribution in [0.25, 0.3) is 0 Å². The second-order valence-corrected chi connectivity index (χ2v) is 11.7. The van der Waals surface area contributed by atoms with Crippen molar-refractivity contribution in [3.63, 3.8) is 0 Å². The highest BCUT2D eigenvalue weighted by Crippen LogP contribution is 2.26. The maximum Gasteiger partial charge on any atom is 0.336 e. The zero-order chi connectivity index (χ0) is 33.9. The van der Waals surface area contributed by atoms with E-state index < -0.39 is 42.2 Å². The summed E-state index contributed by atoms with van der Waals surface area (Å²) in [5.74, 6) is -3.64. The molecule has 2 heterocycles. The standard InChI is InChI=1S/C24H36FN7O.C6H8O7/c1-31-14-12-19(13-15-31)32(2)24-29-22(26-17-8-6-4-5-7-9-17)28-23(30-24)27-18-10-11-21(33-3)20(25)16-18;7-3(8)1-6(13,5(11)12)2-4(9)10/h10-11,16-17,19H,4-9,12-15H2,1-3H3,(H2,26,27,28,29,30);13H,1-2H2,(H,7,8)(H,9,10)(H,11,12). The third kappa shape index (κ3) is 10.9. The lowest BCUT2D eigenvalue weighted by molar-refractivity contribution is -0.170. The number of aromatic nitrogens is 3. The van der Waals surface area contributed by atoms with Crippen molar-refractivity contribution in [2.75, 3.05) is 49.8 Å². The number of likely N-dealkylation sites (tertiary alicyclic amines) is 1. The van der Waals surface area contributed by atoms with Crippen LogP contribution in [0.5, 0.6) is 5.75 Å². The highest BCUT2D eigenvalue weighted by atomic mass is 19.1. The first-order valence-electron chi connectivity index (χ1n) is 15.2. The number of rotatable bonds is 12. The van der Waals surface area contributed by atoms with Gasteiger partial charge in [0.05, 0.1) is 20.0 Å². The Morgan fingerprint density at radius 2 is 1.57 bits per heavy atom. The molecule has 1 aromatic heterocycles. The van der Waals surface area contributed by atoms with Crippen LogP contribution < -0.4 is 20.3 Å². The Labute approximate surface area is 266 Å². The maximum absolute atomic E-state index is 14.2. The first kappa shape index (κ1) is 36.2. The summed E-state index contributed by atoms with van der Waals surface area (Å²) in [6.07, 6.45) is 7.11. The number of halogens is 1. The summed E-state index contributed by atoms with van der Waals surface area (Å²) in [7, 11) is 5.66. The molecule has 1 aliphatic carbocycles. The van der Waals surface area contributed by atoms with E-state index in [1.165, 1.54) is 38.9 Å². The predicted molar refractivity (Wildman–Crippen MR) is 167 cm³/mol. The number of hydrogen-bond acceptors (Lipinski definition) is 12. The second-order valence-electron chi connectivity index (χ2n) is 11.7. The summed E-state index contributed by atoms with van der Waals surface area (Å²) >= 11 is 0. The van der Waals surface area contributed by atoms with E-state index in [2.05, 4.69) is 39.5 Å². The molecule has 1 saturated heterocycles. The Bertz CT molecular complexity index is 1320. The molecule has 15 nitrogen and oxygen atoms in total. The minimum atomic E-state index is -2.74. The fraction of sp³-hybridized carbons (Fsp3) is 0.600. The topological polar surface area (TPSA) is 211 Å². The number of aliphatic carboxylic acids is 3. The van der Waals surface area contributed by atoms with Crippen LogP contribution in [0.2, 0.25) is 0 Å². The van der Waals surface area contributed by atoms with Crippen LogP contribution >= 0.6 is 0 Å². The number of carboxylic acid groups (broad SMARTS) is 3. The molecule has 0 amide bonds. The average Bonchev–Trinajstić information content (AvgIpc) is 3.25. The molecule has 254 valence electrons. The fourth-order valence-corrected chi connectivity index (χ4v) is 5.38. The van der Waals surface area contributed by atoms with Gasteiger partial charge in [-0.25, -0.2) is 9.18 Å². The Morgan fingerprint density at radius 3 is 2.09 bits per heavy atom. The van der Waals surface area contributed by atoms with Crippen LogP contribution in [0, 0.1) is 5.82 Å². The number of piperidine rings is 1. The molecular weight excluding hydrogens is 605 g/mol. The van der Waals surface area contributed by atoms with Gasteiger partial charge in [-0.15, -0.1) is 0 Å². The minimum absolute atomic E-state index is 0.203. The molecule has 1 saturated carbocycles. The van der Waals surface area contributed by atoms with Gasteiger partial charge in [-0.05, 0) is 58.0 Å². The van der Waals surface area contributed by atoms with Crippen LogP contribution in [0.3, 0.4) is 0 Å². The minimum Gasteiger partial charge on any atom is -0.494 e. The third-order valence-electron chi connectivity index (χ3n) is 8.06. The predicted octanol–water partition coefficient (Wildman–Crippen LogP) is 3.18. The molecule has 0 spiro atoms. The molecule has 2 aliphatic rings. The molecule has 16 heteroatoms. The lowest BCUT2D eigenvalue weighted by atomic mass is 9.96. The van der Waals surface area contributed by atoms with Gasteiger partial charge in [-0.3, -0.25) is 9.59 Å². The van der Waals surface area contributed by atoms with Crippen LogP contribution in [0.15, 0.2) is 18.2 Å². The monoisotopic (exact) mass is 649 g/mol. The molecule has 0 bridgehead atoms. The second kappa shape index (κ2) is 16.8. The van der Waals surface area contributed by atoms with Gasteiger partial charge in [0.25, 0.3) is 0 Å². The molecule has 46 heavy (non-hydrogen) atoms. The van der Waals surface area contributed by atoms with Gasteiger partial charge in [-0.1, -0.05) is 25.7 Å². The Balaban J connectivity index is 0.000000376. The molecule has 0 radical (unpaired) electrons. The van der Waals surface area contributed by atoms with Crippen LogP contribution in [0.4, 0.5) is 27.9 Å². The molecule has 0 unspecified atom stereocenters. The number of aliphatic hydroxyl groups is 1. The third-order valence-corrected chi connectivity index (χ3v) is 8.06. The van der Waals surface area contributed by atoms with Crippen molar-refractivity contribution in [1.82, 2.24) is 19.9 Å². The van der Waals surface area contributed by atoms with Crippen LogP contribution in [0.1, 0.15) is 64.2 Å². The summed E-state index contributed by atoms with van der Waals surface area (Å²) in [6.45, 7) is 2.12. The highest BCUT2D eigenvalue weighted by molar-refractivity contribution is 5.88. The first-order chi connectivity index (χ1) is 21.8. The van der Waals surface area contributed by atoms with E-state index in [0.717, 1.165) is 38.8 Å². The van der Waals surface area contributed by atoms with Crippen molar-refractivity contribution in [3.05, 3.63) is 24.0 Å². The van der Waals surface area contributed by atoms with Crippen molar-refractivity contribution < 1.29 is 43.9 Å². The van der Waals surface area contributed by atoms with Crippen molar-refractivity contribution in [2.24, 2.45) is 0 Å². The number of nitrogens with one attached hydrogen (secondary N) is 2. The summed E-state index contributed by atoms with van der Waals surface area (Å²) in [6, 6.07) is 5.48. The number of nitrogens with zero attached hydrogens (tertiary/aromatic N) is 5. The van der Waals surface area contributed by atoms with E-state index in [4.69, 9.17) is 35.1 Å². The molecular formula is C30H44FN7O8. The van der Waals surface area contributed by atoms with Crippen molar-refractivity contribution >= 4 is 41.4 Å². The van der Waals surface area contributed by atoms with Gasteiger partial charge in [0.2, 0.25) is 17.8 Å². The van der Waals surface area contributed by atoms with E-state index in [1.807, 2.05) is 0 Å². The van der Waals surface area contributed by atoms with E-state index in [1.54, 1.807) is 12.1 Å². The lowest BCUT2D eigenvalue weighted by Crippen LogP contribution is -2.42. The van der Waals surface area contributed by atoms with E-state index >= 15 is 0 Å². The van der Waals surface area contributed by atoms with Crippen LogP contribution in [-0.4, -0.2) is 110 Å². The SMILES string of the molecule is COc1ccc(Nc2nc(NC3CCCCCC3)nc(N(C)C3CCN(C)CC3)n2)cc1F.O=C(O)CC(O)(CC(=O)O)C(=O)O. The number of methoxy groups -OCH3 is 1. The normalized spacial score (nSPS) is 16.4. The lowest BCUT2D eigenvalue weighted by Gasteiger charge is -2.35. The molecule has 2 fully saturated rings. The Hall–Kier alpha value is -4.31. The Morgan fingerprint density at radius 1 is 0.978 bits per heavy atom. The number of hydrogen-bond donors (Lipinski definition) is 6. The van der Waals surface area contributed by atoms with Gasteiger partial charge >= 0.3 is 17.9 Å². The largest absolute Gasteiger partial charge is 0.494 e. The van der Waals surface area contributed by atoms with Crippen molar-refractivity contribution in [1.29, 1.82) is 0 Å².